The number of rotatable bonds is 10. The Morgan fingerprint density at radius 3 is 2.26 bits per heavy atom. The first-order valence-electron chi connectivity index (χ1n) is 15.3. The molecule has 3 aromatic carbocycles. The van der Waals surface area contributed by atoms with Crippen LogP contribution in [0.4, 0.5) is 0 Å². The summed E-state index contributed by atoms with van der Waals surface area (Å²) in [5.41, 5.74) is 6.91. The molecular weight excluding hydrogens is 574 g/mol. The van der Waals surface area contributed by atoms with Crippen molar-refractivity contribution in [2.75, 3.05) is 13.7 Å². The minimum Gasteiger partial charge on any atom is -0.480 e. The van der Waals surface area contributed by atoms with E-state index in [1.54, 1.807) is 35.5 Å². The van der Waals surface area contributed by atoms with E-state index in [4.69, 9.17) is 4.74 Å². The van der Waals surface area contributed by atoms with Crippen LogP contribution < -0.4 is 4.74 Å². The fourth-order valence-corrected chi connectivity index (χ4v) is 5.73. The van der Waals surface area contributed by atoms with E-state index < -0.39 is 6.04 Å². The van der Waals surface area contributed by atoms with Crippen LogP contribution in [0.5, 0.6) is 5.88 Å². The molecule has 0 saturated heterocycles. The molecule has 1 aliphatic heterocycles. The lowest BCUT2D eigenvalue weighted by molar-refractivity contribution is -0.144. The highest BCUT2D eigenvalue weighted by molar-refractivity contribution is 5.95. The van der Waals surface area contributed by atoms with Gasteiger partial charge in [-0.15, -0.1) is 10.2 Å². The number of pyridine rings is 1. The predicted octanol–water partition coefficient (Wildman–Crippen LogP) is 5.79. The first-order chi connectivity index (χ1) is 22.6. The van der Waals surface area contributed by atoms with E-state index in [0.29, 0.717) is 31.1 Å². The fraction of sp³-hybridized carbons (Fsp3) is 0.184. The zero-order chi connectivity index (χ0) is 31.7. The highest BCUT2D eigenvalue weighted by Gasteiger charge is 2.34. The van der Waals surface area contributed by atoms with Crippen LogP contribution in [0.3, 0.4) is 0 Å². The molecule has 0 spiro atoms. The van der Waals surface area contributed by atoms with Crippen molar-refractivity contribution in [3.8, 4) is 17.0 Å². The minimum absolute atomic E-state index is 0.0715. The molecule has 0 unspecified atom stereocenters. The summed E-state index contributed by atoms with van der Waals surface area (Å²) in [5, 5.41) is 8.14. The van der Waals surface area contributed by atoms with Gasteiger partial charge in [0.25, 0.3) is 0 Å². The third-order valence-electron chi connectivity index (χ3n) is 8.25. The smallest absolute Gasteiger partial charge is 0.247 e. The molecule has 46 heavy (non-hydrogen) atoms. The second kappa shape index (κ2) is 14.4. The second-order valence-corrected chi connectivity index (χ2v) is 11.2. The Bertz CT molecular complexity index is 1790. The molecule has 2 aromatic heterocycles. The maximum absolute atomic E-state index is 14.5. The standard InChI is InChI=1S/C38H35N5O3/c1-46-36-17-15-34(40-41-36)16-18-37(44)43(26-29-11-13-31(14-12-29)32-19-22-39-23-20-32)35(25-28-7-3-2-4-8-28)38(45)42-24-21-30-9-5-6-10-33(30)27-42/h2-20,22-23,35H,21,24-27H2,1H3/t35-/m0/s1. The average Bonchev–Trinajstić information content (AvgIpc) is 3.13. The van der Waals surface area contributed by atoms with Gasteiger partial charge >= 0.3 is 0 Å². The topological polar surface area (TPSA) is 88.5 Å². The SMILES string of the molecule is COc1ccc(C=CC(=O)N(Cc2ccc(-c3ccncc3)cc2)[C@@H](Cc2ccccc2)C(=O)N2CCc3ccccc3C2)nn1. The Hall–Kier alpha value is -5.63. The van der Waals surface area contributed by atoms with E-state index in [0.717, 1.165) is 34.2 Å². The van der Waals surface area contributed by atoms with Crippen molar-refractivity contribution >= 4 is 17.9 Å². The largest absolute Gasteiger partial charge is 0.480 e. The van der Waals surface area contributed by atoms with Crippen molar-refractivity contribution in [2.45, 2.75) is 32.0 Å². The number of ether oxygens (including phenoxy) is 1. The predicted molar refractivity (Wildman–Crippen MR) is 177 cm³/mol. The molecule has 0 saturated carbocycles. The van der Waals surface area contributed by atoms with Crippen LogP contribution in [0.15, 0.2) is 122 Å². The van der Waals surface area contributed by atoms with Gasteiger partial charge in [0.1, 0.15) is 6.04 Å². The number of carbonyl (C=O) groups excluding carboxylic acids is 2. The molecule has 8 heteroatoms. The summed E-state index contributed by atoms with van der Waals surface area (Å²) in [4.78, 5) is 36.3. The van der Waals surface area contributed by atoms with Gasteiger partial charge in [-0.3, -0.25) is 14.6 Å². The molecule has 0 radical (unpaired) electrons. The lowest BCUT2D eigenvalue weighted by Gasteiger charge is -2.37. The van der Waals surface area contributed by atoms with Crippen molar-refractivity contribution < 1.29 is 14.3 Å². The summed E-state index contributed by atoms with van der Waals surface area (Å²) in [6, 6.07) is 32.8. The Morgan fingerprint density at radius 2 is 1.54 bits per heavy atom. The molecule has 3 heterocycles. The lowest BCUT2D eigenvalue weighted by atomic mass is 9.97. The maximum atomic E-state index is 14.5. The van der Waals surface area contributed by atoms with Crippen LogP contribution in [0.2, 0.25) is 0 Å². The molecule has 0 bridgehead atoms. The summed E-state index contributed by atoms with van der Waals surface area (Å²) < 4.78 is 5.11. The average molecular weight is 610 g/mol. The van der Waals surface area contributed by atoms with E-state index in [-0.39, 0.29) is 18.4 Å². The third-order valence-corrected chi connectivity index (χ3v) is 8.25. The molecule has 6 rings (SSSR count). The Kier molecular flexibility index (Phi) is 9.54. The quantitative estimate of drug-likeness (QED) is 0.187. The number of nitrogens with zero attached hydrogens (tertiary/aromatic N) is 5. The van der Waals surface area contributed by atoms with Crippen LogP contribution >= 0.6 is 0 Å². The summed E-state index contributed by atoms with van der Waals surface area (Å²) in [6.45, 7) is 1.36. The molecule has 0 N–H and O–H groups in total. The maximum Gasteiger partial charge on any atom is 0.247 e. The van der Waals surface area contributed by atoms with Crippen LogP contribution in [0.25, 0.3) is 17.2 Å². The van der Waals surface area contributed by atoms with Gasteiger partial charge in [0.2, 0.25) is 17.7 Å². The van der Waals surface area contributed by atoms with Crippen LogP contribution in [-0.2, 0) is 35.5 Å². The molecule has 230 valence electrons. The third kappa shape index (κ3) is 7.35. The number of aromatic nitrogens is 3. The first kappa shape index (κ1) is 30.4. The first-order valence-corrected chi connectivity index (χ1v) is 15.3. The van der Waals surface area contributed by atoms with Crippen molar-refractivity contribution in [3.05, 3.63) is 150 Å². The van der Waals surface area contributed by atoms with Gasteiger partial charge in [-0.2, -0.15) is 0 Å². The summed E-state index contributed by atoms with van der Waals surface area (Å²) in [6.07, 6.45) is 7.79. The van der Waals surface area contributed by atoms with Gasteiger partial charge in [0, 0.05) is 50.6 Å². The van der Waals surface area contributed by atoms with E-state index in [2.05, 4.69) is 27.3 Å². The van der Waals surface area contributed by atoms with E-state index in [1.807, 2.05) is 83.8 Å². The van der Waals surface area contributed by atoms with Crippen molar-refractivity contribution in [1.82, 2.24) is 25.0 Å². The normalized spacial score (nSPS) is 13.2. The molecule has 2 amide bonds. The van der Waals surface area contributed by atoms with Gasteiger partial charge in [-0.05, 0) is 64.1 Å². The Morgan fingerprint density at radius 1 is 0.826 bits per heavy atom. The number of hydrogen-bond donors (Lipinski definition) is 0. The number of hydrogen-bond acceptors (Lipinski definition) is 6. The van der Waals surface area contributed by atoms with Crippen LogP contribution in [-0.4, -0.2) is 56.5 Å². The second-order valence-electron chi connectivity index (χ2n) is 11.2. The zero-order valence-corrected chi connectivity index (χ0v) is 25.7. The number of methoxy groups -OCH3 is 1. The lowest BCUT2D eigenvalue weighted by Crippen LogP contribution is -2.52. The number of amides is 2. The zero-order valence-electron chi connectivity index (χ0n) is 25.7. The highest BCUT2D eigenvalue weighted by atomic mass is 16.5. The Labute approximate surface area is 269 Å². The van der Waals surface area contributed by atoms with E-state index in [9.17, 15) is 9.59 Å². The fourth-order valence-electron chi connectivity index (χ4n) is 5.73. The summed E-state index contributed by atoms with van der Waals surface area (Å²) in [7, 11) is 1.52. The molecule has 1 aliphatic rings. The van der Waals surface area contributed by atoms with Gasteiger partial charge in [-0.25, -0.2) is 0 Å². The molecule has 5 aromatic rings. The van der Waals surface area contributed by atoms with E-state index >= 15 is 0 Å². The van der Waals surface area contributed by atoms with Crippen LogP contribution in [0, 0.1) is 0 Å². The summed E-state index contributed by atoms with van der Waals surface area (Å²) >= 11 is 0. The van der Waals surface area contributed by atoms with Crippen molar-refractivity contribution in [1.29, 1.82) is 0 Å². The van der Waals surface area contributed by atoms with E-state index in [1.165, 1.54) is 18.7 Å². The van der Waals surface area contributed by atoms with Gasteiger partial charge in [0.15, 0.2) is 0 Å². The van der Waals surface area contributed by atoms with Crippen molar-refractivity contribution in [3.63, 3.8) is 0 Å². The van der Waals surface area contributed by atoms with Crippen molar-refractivity contribution in [2.24, 2.45) is 0 Å². The molecular formula is C38H35N5O3. The highest BCUT2D eigenvalue weighted by Crippen LogP contribution is 2.24. The molecule has 0 aliphatic carbocycles. The molecule has 8 nitrogen and oxygen atoms in total. The Balaban J connectivity index is 1.34. The monoisotopic (exact) mass is 609 g/mol. The molecule has 0 fully saturated rings. The van der Waals surface area contributed by atoms with Gasteiger partial charge < -0.3 is 14.5 Å². The number of fused-ring (bicyclic) bond motifs is 1. The number of benzene rings is 3. The van der Waals surface area contributed by atoms with Gasteiger partial charge in [-0.1, -0.05) is 78.9 Å². The summed E-state index contributed by atoms with van der Waals surface area (Å²) in [5.74, 6) is 0.0252. The number of carbonyl (C=O) groups is 2. The molecule has 1 atom stereocenters. The van der Waals surface area contributed by atoms with Gasteiger partial charge in [0.05, 0.1) is 12.8 Å². The minimum atomic E-state index is -0.730. The van der Waals surface area contributed by atoms with Crippen LogP contribution in [0.1, 0.15) is 27.9 Å².